The molecule has 14 nitrogen and oxygen atoms in total. The van der Waals surface area contributed by atoms with Crippen LogP contribution in [0.25, 0.3) is 43.8 Å². The van der Waals surface area contributed by atoms with Gasteiger partial charge in [-0.25, -0.2) is 18.3 Å². The van der Waals surface area contributed by atoms with E-state index in [1.165, 1.54) is 44.5 Å². The molecular formula is C72H76F24N4O10P4. The van der Waals surface area contributed by atoms with Crippen molar-refractivity contribution in [3.63, 3.8) is 0 Å². The predicted molar refractivity (Wildman–Crippen MR) is 383 cm³/mol. The van der Waals surface area contributed by atoms with Crippen molar-refractivity contribution >= 4 is 52.8 Å². The Hall–Kier alpha value is -8.56. The first-order valence-electron chi connectivity index (χ1n) is 33.8. The van der Waals surface area contributed by atoms with Gasteiger partial charge in [0.2, 0.25) is 0 Å². The number of hydrogen-bond acceptors (Lipinski definition) is 10. The molecule has 27 rings (SSSR count). The largest absolute Gasteiger partial charge is 0.491 e. The number of benzene rings is 6. The van der Waals surface area contributed by atoms with Crippen LogP contribution >= 0.6 is 31.2 Å². The van der Waals surface area contributed by atoms with Crippen LogP contribution in [-0.4, -0.2) is 106 Å². The number of halogens is 24. The molecule has 6 aromatic carbocycles. The van der Waals surface area contributed by atoms with E-state index in [4.69, 9.17) is 47.4 Å². The van der Waals surface area contributed by atoms with Crippen molar-refractivity contribution < 1.29 is 166 Å². The van der Waals surface area contributed by atoms with Crippen LogP contribution in [0.15, 0.2) is 219 Å². The summed E-state index contributed by atoms with van der Waals surface area (Å²) in [6.45, 7) is 10.9. The third-order valence-electron chi connectivity index (χ3n) is 14.8. The van der Waals surface area contributed by atoms with E-state index in [1.807, 2.05) is 72.8 Å². The van der Waals surface area contributed by atoms with Gasteiger partial charge in [0.25, 0.3) is 0 Å². The second-order valence-electron chi connectivity index (χ2n) is 24.8. The Labute approximate surface area is 635 Å². The van der Waals surface area contributed by atoms with Gasteiger partial charge in [-0.3, -0.25) is 0 Å². The summed E-state index contributed by atoms with van der Waals surface area (Å²) in [5.74, 6) is 3.14. The SMILES string of the molecule is F[P-](F)(F)(F)(F)F.F[P-](F)(F)(F)(F)F.F[P-](F)(F)(F)(F)F.F[P-](F)(F)(F)(F)F.c1cc2c3cccc(c3c1)OCCOCCOCCOCCOc1ccc3ccc(cc3c1)OCCOCCOCCOCCO2.c1cc2ccc1C[n+]1ccc(cc1)-c1cc[n+](cc1)Cc1ccc(cc1)C[n+]1ccc(cc1)-c1cc[n+](cc1)C2. The van der Waals surface area contributed by atoms with E-state index in [1.54, 1.807) is 0 Å². The van der Waals surface area contributed by atoms with Crippen LogP contribution in [0.4, 0.5) is 101 Å². The Morgan fingerprint density at radius 3 is 0.632 bits per heavy atom. The summed E-state index contributed by atoms with van der Waals surface area (Å²) in [7, 11) is -42.6. The normalized spacial score (nSPS) is 17.4. The van der Waals surface area contributed by atoms with Crippen molar-refractivity contribution in [3.8, 4) is 45.3 Å². The van der Waals surface area contributed by atoms with Crippen LogP contribution in [-0.2, 0) is 54.6 Å². The molecular weight excluding hydrogens is 1660 g/mol. The van der Waals surface area contributed by atoms with Gasteiger partial charge in [0.1, 0.15) is 49.4 Å². The first-order valence-corrected chi connectivity index (χ1v) is 41.9. The Morgan fingerprint density at radius 2 is 0.412 bits per heavy atom. The van der Waals surface area contributed by atoms with E-state index in [2.05, 4.69) is 165 Å². The van der Waals surface area contributed by atoms with Gasteiger partial charge in [-0.1, -0.05) is 84.9 Å². The molecule has 0 saturated carbocycles. The predicted octanol–water partition coefficient (Wildman–Crippen LogP) is 23.5. The molecule has 17 aliphatic rings. The Bertz CT molecular complexity index is 4190. The Kier molecular flexibility index (Phi) is 28.8. The molecule has 0 fully saturated rings. The summed E-state index contributed by atoms with van der Waals surface area (Å²) >= 11 is 0. The fourth-order valence-electron chi connectivity index (χ4n) is 10.2. The van der Waals surface area contributed by atoms with E-state index < -0.39 is 31.2 Å². The molecule has 42 heteroatoms. The molecule has 0 saturated heterocycles. The number of ether oxygens (including phenoxy) is 10. The number of hydrogen-bond donors (Lipinski definition) is 0. The summed E-state index contributed by atoms with van der Waals surface area (Å²) in [4.78, 5) is 0. The van der Waals surface area contributed by atoms with Crippen LogP contribution in [0.2, 0.25) is 0 Å². The molecule has 0 atom stereocenters. The van der Waals surface area contributed by atoms with Gasteiger partial charge in [0.05, 0.1) is 79.3 Å². The molecule has 4 aromatic heterocycles. The molecule has 0 amide bonds. The summed E-state index contributed by atoms with van der Waals surface area (Å²) in [6, 6.07) is 59.4. The van der Waals surface area contributed by atoms with E-state index >= 15 is 0 Å². The van der Waals surface area contributed by atoms with Crippen molar-refractivity contribution in [2.75, 3.05) is 106 Å². The van der Waals surface area contributed by atoms with Crippen molar-refractivity contribution in [3.05, 3.63) is 242 Å². The van der Waals surface area contributed by atoms with Crippen molar-refractivity contribution in [1.82, 2.24) is 0 Å². The molecule has 632 valence electrons. The van der Waals surface area contributed by atoms with Gasteiger partial charge in [-0.2, -0.15) is 0 Å². The molecule has 10 aromatic rings. The van der Waals surface area contributed by atoms with Gasteiger partial charge < -0.3 is 47.4 Å². The van der Waals surface area contributed by atoms with Crippen LogP contribution in [0.1, 0.15) is 22.3 Å². The summed E-state index contributed by atoms with van der Waals surface area (Å²) in [6.07, 6.45) is 17.4. The summed E-state index contributed by atoms with van der Waals surface area (Å²) < 4.78 is 303. The quantitative estimate of drug-likeness (QED) is 0.0827. The van der Waals surface area contributed by atoms with Crippen LogP contribution in [0.5, 0.6) is 23.0 Å². The van der Waals surface area contributed by atoms with Crippen molar-refractivity contribution in [1.29, 1.82) is 0 Å². The fraction of sp³-hybridized carbons (Fsp3) is 0.278. The molecule has 0 unspecified atom stereocenters. The minimum absolute atomic E-state index is 0.432. The van der Waals surface area contributed by atoms with E-state index in [-0.39, 0.29) is 0 Å². The molecule has 0 N–H and O–H groups in total. The number of fused-ring (bicyclic) bond motifs is 2. The Morgan fingerprint density at radius 1 is 0.211 bits per heavy atom. The van der Waals surface area contributed by atoms with Gasteiger partial charge in [-0.05, 0) is 69.4 Å². The number of pyridine rings is 4. The standard InChI is InChI=1S/C36H32N4.C36H44O10.4F6P/c1-2-30-4-3-29(1)25-37-17-9-33(10-18-37)35-13-21-39(22-14-35)27-31-5-7-32(8-6-31)28-40-23-15-36(16-24-40)34-11-19-38(26-30)20-12-34;1-3-33-34-4-2-6-36(33)46-26-22-42-18-14-38-12-16-40-20-24-44-32-10-8-29-7-9-31(27-30(29)28-32)43-23-19-39-15-11-37-13-17-41-21-25-45-35(34)5-1;4*1-7(2,3,4,5)6/h1-24H,25-28H2;1-10,27-28H,11-26H2;;;;/q+4;;4*-1. The topological polar surface area (TPSA) is 108 Å². The molecule has 21 heterocycles. The zero-order valence-electron chi connectivity index (χ0n) is 59.7. The Balaban J connectivity index is 0.000000237. The average Bonchev–Trinajstić information content (AvgIpc) is 0.803. The van der Waals surface area contributed by atoms with Crippen LogP contribution < -0.4 is 37.2 Å². The van der Waals surface area contributed by atoms with Crippen molar-refractivity contribution in [2.45, 2.75) is 26.2 Å². The number of nitrogens with zero attached hydrogens (tertiary/aromatic N) is 4. The van der Waals surface area contributed by atoms with E-state index in [0.717, 1.165) is 70.7 Å². The second-order valence-corrected chi connectivity index (χ2v) is 32.5. The molecule has 0 aliphatic carbocycles. The van der Waals surface area contributed by atoms with Crippen LogP contribution in [0.3, 0.4) is 0 Å². The maximum absolute atomic E-state index is 10.7. The van der Waals surface area contributed by atoms with Gasteiger partial charge >= 0.3 is 132 Å². The zero-order valence-corrected chi connectivity index (χ0v) is 63.2. The number of rotatable bonds is 0. The third kappa shape index (κ3) is 46.1. The second kappa shape index (κ2) is 35.5. The maximum Gasteiger partial charge on any atom is 0.173 e. The minimum atomic E-state index is -10.7. The molecule has 114 heavy (non-hydrogen) atoms. The first kappa shape index (κ1) is 92.6. The van der Waals surface area contributed by atoms with E-state index in [9.17, 15) is 101 Å². The third-order valence-corrected chi connectivity index (χ3v) is 14.8. The van der Waals surface area contributed by atoms with Crippen molar-refractivity contribution in [2.24, 2.45) is 0 Å². The number of aromatic nitrogens is 4. The molecule has 0 spiro atoms. The first-order chi connectivity index (χ1) is 52.4. The maximum atomic E-state index is 9.87. The van der Waals surface area contributed by atoms with Gasteiger partial charge in [0.15, 0.2) is 75.8 Å². The summed E-state index contributed by atoms with van der Waals surface area (Å²) in [5, 5.41) is 4.13. The van der Waals surface area contributed by atoms with E-state index in [0.29, 0.717) is 106 Å². The van der Waals surface area contributed by atoms with Crippen LogP contribution in [0, 0.1) is 0 Å². The molecule has 17 aliphatic heterocycles. The monoisotopic (exact) mass is 1740 g/mol. The molecule has 19 bridgehead atoms. The van der Waals surface area contributed by atoms with Gasteiger partial charge in [-0.15, -0.1) is 0 Å². The van der Waals surface area contributed by atoms with Gasteiger partial charge in [0, 0.05) is 81.6 Å². The zero-order chi connectivity index (χ0) is 83.8. The minimum Gasteiger partial charge on any atom is -0.491 e. The summed E-state index contributed by atoms with van der Waals surface area (Å²) in [5.41, 5.74) is 10.1. The average molecular weight is 1740 g/mol. The fourth-order valence-corrected chi connectivity index (χ4v) is 10.2. The molecule has 0 radical (unpaired) electrons. The smallest absolute Gasteiger partial charge is 0.173 e.